The van der Waals surface area contributed by atoms with Crippen LogP contribution in [-0.4, -0.2) is 49.2 Å². The first-order valence-electron chi connectivity index (χ1n) is 6.20. The fourth-order valence-electron chi connectivity index (χ4n) is 1.65. The van der Waals surface area contributed by atoms with Gasteiger partial charge in [-0.15, -0.1) is 0 Å². The second-order valence-corrected chi connectivity index (χ2v) is 4.04. The van der Waals surface area contributed by atoms with Crippen LogP contribution in [0.5, 0.6) is 0 Å². The Hall–Kier alpha value is -0.610. The maximum absolute atomic E-state index is 10.6. The highest BCUT2D eigenvalue weighted by Crippen LogP contribution is 2.04. The van der Waals surface area contributed by atoms with Crippen LogP contribution in [0.15, 0.2) is 0 Å². The molecule has 96 valence electrons. The molecule has 1 saturated heterocycles. The van der Waals surface area contributed by atoms with Crippen molar-refractivity contribution < 1.29 is 9.53 Å². The van der Waals surface area contributed by atoms with E-state index in [9.17, 15) is 4.79 Å². The topological polar surface area (TPSA) is 41.6 Å². The quantitative estimate of drug-likeness (QED) is 0.741. The lowest BCUT2D eigenvalue weighted by Gasteiger charge is -2.35. The Labute approximate surface area is 99.3 Å². The maximum Gasteiger partial charge on any atom is 0.302 e. The standard InChI is InChI=1S/C10H20N2O2.C2H6/c1-8(2)12-5-4-11-10(6-12)7-14-9(3)13;1-2/h8,10-11H,4-7H2,1-3H3;1-2H3. The van der Waals surface area contributed by atoms with E-state index in [1.54, 1.807) is 0 Å². The number of carbonyl (C=O) groups is 1. The molecule has 1 heterocycles. The van der Waals surface area contributed by atoms with Gasteiger partial charge >= 0.3 is 5.97 Å². The van der Waals surface area contributed by atoms with Crippen molar-refractivity contribution in [2.24, 2.45) is 0 Å². The fraction of sp³-hybridized carbons (Fsp3) is 0.917. The van der Waals surface area contributed by atoms with Gasteiger partial charge in [0.1, 0.15) is 6.61 Å². The molecule has 1 fully saturated rings. The summed E-state index contributed by atoms with van der Waals surface area (Å²) in [5.74, 6) is -0.200. The SMILES string of the molecule is CC.CC(=O)OCC1CN(C(C)C)CCN1. The summed E-state index contributed by atoms with van der Waals surface area (Å²) < 4.78 is 4.98. The average Bonchev–Trinajstić information content (AvgIpc) is 2.29. The summed E-state index contributed by atoms with van der Waals surface area (Å²) >= 11 is 0. The zero-order chi connectivity index (χ0) is 12.6. The molecular formula is C12H26N2O2. The third kappa shape index (κ3) is 6.08. The van der Waals surface area contributed by atoms with Crippen molar-refractivity contribution in [2.45, 2.75) is 46.7 Å². The van der Waals surface area contributed by atoms with Crippen molar-refractivity contribution >= 4 is 5.97 Å². The molecule has 0 aliphatic carbocycles. The predicted molar refractivity (Wildman–Crippen MR) is 66.5 cm³/mol. The molecule has 0 aromatic carbocycles. The third-order valence-corrected chi connectivity index (χ3v) is 2.51. The monoisotopic (exact) mass is 230 g/mol. The van der Waals surface area contributed by atoms with Gasteiger partial charge in [-0.2, -0.15) is 0 Å². The molecule has 0 aromatic heterocycles. The van der Waals surface area contributed by atoms with Crippen molar-refractivity contribution in [3.8, 4) is 0 Å². The van der Waals surface area contributed by atoms with Crippen molar-refractivity contribution in [3.05, 3.63) is 0 Å². The van der Waals surface area contributed by atoms with E-state index in [1.165, 1.54) is 6.92 Å². The van der Waals surface area contributed by atoms with Gasteiger partial charge in [0.2, 0.25) is 0 Å². The Morgan fingerprint density at radius 3 is 2.62 bits per heavy atom. The van der Waals surface area contributed by atoms with E-state index in [1.807, 2.05) is 13.8 Å². The van der Waals surface area contributed by atoms with Crippen LogP contribution in [-0.2, 0) is 9.53 Å². The molecule has 1 aliphatic heterocycles. The van der Waals surface area contributed by atoms with Crippen molar-refractivity contribution in [2.75, 3.05) is 26.2 Å². The Morgan fingerprint density at radius 1 is 1.50 bits per heavy atom. The highest BCUT2D eigenvalue weighted by atomic mass is 16.5. The van der Waals surface area contributed by atoms with E-state index >= 15 is 0 Å². The van der Waals surface area contributed by atoms with Gasteiger partial charge in [-0.1, -0.05) is 13.8 Å². The summed E-state index contributed by atoms with van der Waals surface area (Å²) in [4.78, 5) is 13.0. The molecule has 4 nitrogen and oxygen atoms in total. The number of rotatable bonds is 3. The Bertz CT molecular complexity index is 195. The van der Waals surface area contributed by atoms with E-state index in [0.717, 1.165) is 19.6 Å². The van der Waals surface area contributed by atoms with Gasteiger partial charge in [-0.25, -0.2) is 0 Å². The van der Waals surface area contributed by atoms with Crippen LogP contribution >= 0.6 is 0 Å². The van der Waals surface area contributed by atoms with Gasteiger partial charge in [0.05, 0.1) is 6.04 Å². The first kappa shape index (κ1) is 15.4. The normalized spacial score (nSPS) is 21.2. The Balaban J connectivity index is 0.00000106. The summed E-state index contributed by atoms with van der Waals surface area (Å²) in [7, 11) is 0. The Morgan fingerprint density at radius 2 is 2.12 bits per heavy atom. The molecule has 1 N–H and O–H groups in total. The second-order valence-electron chi connectivity index (χ2n) is 4.04. The molecule has 1 aliphatic rings. The van der Waals surface area contributed by atoms with E-state index in [0.29, 0.717) is 12.6 Å². The van der Waals surface area contributed by atoms with Crippen LogP contribution in [0.25, 0.3) is 0 Å². The molecule has 1 rings (SSSR count). The molecule has 4 heteroatoms. The molecule has 0 aromatic rings. The molecule has 0 amide bonds. The highest BCUT2D eigenvalue weighted by Gasteiger charge is 2.21. The first-order valence-corrected chi connectivity index (χ1v) is 6.20. The van der Waals surface area contributed by atoms with E-state index < -0.39 is 0 Å². The van der Waals surface area contributed by atoms with Gasteiger partial charge in [0.25, 0.3) is 0 Å². The first-order chi connectivity index (χ1) is 7.59. The number of piperazine rings is 1. The summed E-state index contributed by atoms with van der Waals surface area (Å²) in [5, 5.41) is 3.34. The number of esters is 1. The zero-order valence-corrected chi connectivity index (χ0v) is 11.2. The van der Waals surface area contributed by atoms with Gasteiger partial charge in [-0.05, 0) is 13.8 Å². The van der Waals surface area contributed by atoms with Gasteiger partial charge in [0, 0.05) is 32.6 Å². The molecule has 0 bridgehead atoms. The van der Waals surface area contributed by atoms with Crippen LogP contribution in [0.4, 0.5) is 0 Å². The number of carbonyl (C=O) groups excluding carboxylic acids is 1. The van der Waals surface area contributed by atoms with Crippen LogP contribution in [0, 0.1) is 0 Å². The van der Waals surface area contributed by atoms with Crippen LogP contribution in [0.1, 0.15) is 34.6 Å². The fourth-order valence-corrected chi connectivity index (χ4v) is 1.65. The molecule has 16 heavy (non-hydrogen) atoms. The highest BCUT2D eigenvalue weighted by molar-refractivity contribution is 5.65. The number of hydrogen-bond acceptors (Lipinski definition) is 4. The molecule has 1 atom stereocenters. The van der Waals surface area contributed by atoms with Crippen molar-refractivity contribution in [1.29, 1.82) is 0 Å². The number of hydrogen-bond donors (Lipinski definition) is 1. The number of nitrogens with one attached hydrogen (secondary N) is 1. The molecule has 0 saturated carbocycles. The minimum absolute atomic E-state index is 0.200. The molecule has 1 unspecified atom stereocenters. The van der Waals surface area contributed by atoms with Crippen LogP contribution < -0.4 is 5.32 Å². The lowest BCUT2D eigenvalue weighted by atomic mass is 10.2. The molecular weight excluding hydrogens is 204 g/mol. The lowest BCUT2D eigenvalue weighted by molar-refractivity contribution is -0.142. The van der Waals surface area contributed by atoms with E-state index in [4.69, 9.17) is 4.74 Å². The van der Waals surface area contributed by atoms with Crippen molar-refractivity contribution in [3.63, 3.8) is 0 Å². The zero-order valence-electron chi connectivity index (χ0n) is 11.2. The summed E-state index contributed by atoms with van der Waals surface area (Å²) in [6.45, 7) is 13.3. The van der Waals surface area contributed by atoms with E-state index in [2.05, 4.69) is 24.1 Å². The summed E-state index contributed by atoms with van der Waals surface area (Å²) in [6, 6.07) is 0.854. The Kier molecular flexibility index (Phi) is 8.21. The number of nitrogens with zero attached hydrogens (tertiary/aromatic N) is 1. The number of ether oxygens (including phenoxy) is 1. The summed E-state index contributed by atoms with van der Waals surface area (Å²) in [6.07, 6.45) is 0. The minimum Gasteiger partial charge on any atom is -0.464 e. The molecule has 0 radical (unpaired) electrons. The van der Waals surface area contributed by atoms with Gasteiger partial charge < -0.3 is 10.1 Å². The minimum atomic E-state index is -0.200. The average molecular weight is 230 g/mol. The largest absolute Gasteiger partial charge is 0.464 e. The molecule has 0 spiro atoms. The third-order valence-electron chi connectivity index (χ3n) is 2.51. The predicted octanol–water partition coefficient (Wildman–Crippen LogP) is 1.26. The van der Waals surface area contributed by atoms with Crippen molar-refractivity contribution in [1.82, 2.24) is 10.2 Å². The lowest BCUT2D eigenvalue weighted by Crippen LogP contribution is -2.54. The van der Waals surface area contributed by atoms with Crippen LogP contribution in [0.3, 0.4) is 0 Å². The van der Waals surface area contributed by atoms with Gasteiger partial charge in [-0.3, -0.25) is 9.69 Å². The second kappa shape index (κ2) is 8.53. The maximum atomic E-state index is 10.6. The van der Waals surface area contributed by atoms with Crippen LogP contribution in [0.2, 0.25) is 0 Å². The van der Waals surface area contributed by atoms with E-state index in [-0.39, 0.29) is 12.0 Å². The smallest absolute Gasteiger partial charge is 0.302 e. The van der Waals surface area contributed by atoms with Gasteiger partial charge in [0.15, 0.2) is 0 Å². The summed E-state index contributed by atoms with van der Waals surface area (Å²) in [5.41, 5.74) is 0.